The Morgan fingerprint density at radius 2 is 2.00 bits per heavy atom. The van der Waals surface area contributed by atoms with Gasteiger partial charge in [0.05, 0.1) is 17.4 Å². The van der Waals surface area contributed by atoms with E-state index >= 15 is 0 Å². The number of methoxy groups -OCH3 is 1. The van der Waals surface area contributed by atoms with Gasteiger partial charge in [-0.1, -0.05) is 0 Å². The first-order chi connectivity index (χ1) is 12.8. The van der Waals surface area contributed by atoms with Crippen LogP contribution in [0.2, 0.25) is 0 Å². The van der Waals surface area contributed by atoms with Gasteiger partial charge in [0, 0.05) is 29.9 Å². The van der Waals surface area contributed by atoms with Crippen molar-refractivity contribution in [1.82, 2.24) is 0 Å². The number of anilines is 1. The van der Waals surface area contributed by atoms with Gasteiger partial charge in [-0.2, -0.15) is 0 Å². The highest BCUT2D eigenvalue weighted by Gasteiger charge is 2.58. The fourth-order valence-corrected chi connectivity index (χ4v) is 4.25. The normalized spacial score (nSPS) is 21.6. The standard InChI is InChI=1S/C21H22N2O4/c1-5-22-18-8-7-16(26-4)13-17(18)20(2,3)21(22)11-10-14-12-15(23(24)25)6-9-19(14)27-21/h6-13H,5H2,1-4H3. The molecule has 4 rings (SSSR count). The fraction of sp³-hybridized carbons (Fsp3) is 0.333. The maximum Gasteiger partial charge on any atom is 0.270 e. The van der Waals surface area contributed by atoms with Crippen LogP contribution in [0.3, 0.4) is 0 Å². The molecule has 6 heteroatoms. The third-order valence-electron chi connectivity index (χ3n) is 5.74. The van der Waals surface area contributed by atoms with Gasteiger partial charge in [-0.05, 0) is 62.8 Å². The molecule has 2 aromatic rings. The van der Waals surface area contributed by atoms with Gasteiger partial charge in [-0.25, -0.2) is 0 Å². The van der Waals surface area contributed by atoms with Crippen LogP contribution in [-0.4, -0.2) is 24.3 Å². The third-order valence-corrected chi connectivity index (χ3v) is 5.74. The predicted molar refractivity (Wildman–Crippen MR) is 105 cm³/mol. The minimum Gasteiger partial charge on any atom is -0.497 e. The summed E-state index contributed by atoms with van der Waals surface area (Å²) in [6.45, 7) is 7.17. The van der Waals surface area contributed by atoms with Gasteiger partial charge in [0.2, 0.25) is 5.72 Å². The number of ether oxygens (including phenoxy) is 2. The summed E-state index contributed by atoms with van der Waals surface area (Å²) in [6, 6.07) is 10.8. The van der Waals surface area contributed by atoms with Gasteiger partial charge < -0.3 is 14.4 Å². The van der Waals surface area contributed by atoms with E-state index in [2.05, 4.69) is 37.8 Å². The van der Waals surface area contributed by atoms with E-state index in [4.69, 9.17) is 9.47 Å². The zero-order valence-electron chi connectivity index (χ0n) is 15.9. The molecule has 0 aliphatic carbocycles. The summed E-state index contributed by atoms with van der Waals surface area (Å²) in [4.78, 5) is 12.9. The number of nitro groups is 1. The van der Waals surface area contributed by atoms with Crippen LogP contribution in [0.1, 0.15) is 31.9 Å². The molecule has 0 saturated heterocycles. The van der Waals surface area contributed by atoms with Gasteiger partial charge in [-0.3, -0.25) is 10.1 Å². The highest BCUT2D eigenvalue weighted by atomic mass is 16.6. The minimum absolute atomic E-state index is 0.0593. The van der Waals surface area contributed by atoms with Gasteiger partial charge in [0.1, 0.15) is 11.5 Å². The molecule has 0 N–H and O–H groups in total. The van der Waals surface area contributed by atoms with Crippen LogP contribution in [0.4, 0.5) is 11.4 Å². The molecule has 0 amide bonds. The van der Waals surface area contributed by atoms with Crippen molar-refractivity contribution in [1.29, 1.82) is 0 Å². The maximum absolute atomic E-state index is 11.1. The van der Waals surface area contributed by atoms with Crippen LogP contribution in [0.5, 0.6) is 11.5 Å². The summed E-state index contributed by atoms with van der Waals surface area (Å²) < 4.78 is 12.0. The Morgan fingerprint density at radius 1 is 1.22 bits per heavy atom. The Balaban J connectivity index is 1.86. The third kappa shape index (κ3) is 2.25. The lowest BCUT2D eigenvalue weighted by Crippen LogP contribution is -2.59. The van der Waals surface area contributed by atoms with Crippen molar-refractivity contribution in [3.05, 3.63) is 63.7 Å². The second-order valence-corrected chi connectivity index (χ2v) is 7.36. The molecule has 1 spiro atoms. The molecule has 140 valence electrons. The van der Waals surface area contributed by atoms with Crippen molar-refractivity contribution < 1.29 is 14.4 Å². The van der Waals surface area contributed by atoms with Crippen LogP contribution in [0.25, 0.3) is 6.08 Å². The van der Waals surface area contributed by atoms with Gasteiger partial charge in [0.25, 0.3) is 5.69 Å². The van der Waals surface area contributed by atoms with Gasteiger partial charge >= 0.3 is 0 Å². The molecule has 1 atom stereocenters. The van der Waals surface area contributed by atoms with Crippen molar-refractivity contribution in [2.24, 2.45) is 0 Å². The molecule has 6 nitrogen and oxygen atoms in total. The van der Waals surface area contributed by atoms with E-state index in [-0.39, 0.29) is 11.1 Å². The van der Waals surface area contributed by atoms with Crippen molar-refractivity contribution >= 4 is 17.5 Å². The van der Waals surface area contributed by atoms with Crippen LogP contribution >= 0.6 is 0 Å². The Bertz CT molecular complexity index is 967. The van der Waals surface area contributed by atoms with Crippen molar-refractivity contribution in [3.63, 3.8) is 0 Å². The molecule has 0 aromatic heterocycles. The Morgan fingerprint density at radius 3 is 2.67 bits per heavy atom. The number of nitro benzene ring substituents is 1. The number of fused-ring (bicyclic) bond motifs is 2. The summed E-state index contributed by atoms with van der Waals surface area (Å²) in [5.74, 6) is 1.46. The lowest BCUT2D eigenvalue weighted by Gasteiger charge is -2.46. The fourth-order valence-electron chi connectivity index (χ4n) is 4.25. The number of hydrogen-bond donors (Lipinski definition) is 0. The Hall–Kier alpha value is -3.02. The summed E-state index contributed by atoms with van der Waals surface area (Å²) in [5.41, 5.74) is 1.97. The number of nitrogens with zero attached hydrogens (tertiary/aromatic N) is 2. The predicted octanol–water partition coefficient (Wildman–Crippen LogP) is 4.52. The molecule has 0 bridgehead atoms. The molecular weight excluding hydrogens is 344 g/mol. The largest absolute Gasteiger partial charge is 0.497 e. The lowest BCUT2D eigenvalue weighted by atomic mass is 9.76. The lowest BCUT2D eigenvalue weighted by molar-refractivity contribution is -0.384. The van der Waals surface area contributed by atoms with Gasteiger partial charge in [-0.15, -0.1) is 0 Å². The van der Waals surface area contributed by atoms with E-state index < -0.39 is 10.6 Å². The van der Waals surface area contributed by atoms with E-state index in [1.165, 1.54) is 6.07 Å². The van der Waals surface area contributed by atoms with E-state index in [9.17, 15) is 10.1 Å². The number of rotatable bonds is 3. The Kier molecular flexibility index (Phi) is 3.70. The van der Waals surface area contributed by atoms with Crippen LogP contribution < -0.4 is 14.4 Å². The zero-order chi connectivity index (χ0) is 19.4. The second-order valence-electron chi connectivity index (χ2n) is 7.36. The van der Waals surface area contributed by atoms with Crippen LogP contribution in [0, 0.1) is 10.1 Å². The summed E-state index contributed by atoms with van der Waals surface area (Å²) in [7, 11) is 1.66. The SMILES string of the molecule is CCN1c2ccc(OC)cc2C(C)(C)C12C=Cc1cc([N+](=O)[O-])ccc1O2. The van der Waals surface area contributed by atoms with E-state index in [0.717, 1.165) is 29.1 Å². The smallest absolute Gasteiger partial charge is 0.270 e. The summed E-state index contributed by atoms with van der Waals surface area (Å²) >= 11 is 0. The number of hydrogen-bond acceptors (Lipinski definition) is 5. The topological polar surface area (TPSA) is 64.8 Å². The molecule has 0 fully saturated rings. The quantitative estimate of drug-likeness (QED) is 0.590. The first-order valence-corrected chi connectivity index (χ1v) is 8.97. The number of likely N-dealkylation sites (N-methyl/N-ethyl adjacent to an activating group) is 1. The monoisotopic (exact) mass is 366 g/mol. The molecule has 2 aliphatic rings. The molecular formula is C21H22N2O4. The highest BCUT2D eigenvalue weighted by Crippen LogP contribution is 2.55. The maximum atomic E-state index is 11.1. The van der Waals surface area contributed by atoms with Crippen molar-refractivity contribution in [3.8, 4) is 11.5 Å². The first kappa shape index (κ1) is 17.4. The zero-order valence-corrected chi connectivity index (χ0v) is 15.9. The van der Waals surface area contributed by atoms with Crippen LogP contribution in [-0.2, 0) is 5.41 Å². The molecule has 2 heterocycles. The van der Waals surface area contributed by atoms with E-state index in [0.29, 0.717) is 5.75 Å². The highest BCUT2D eigenvalue weighted by molar-refractivity contribution is 5.73. The average Bonchev–Trinajstić information content (AvgIpc) is 2.84. The Labute approximate surface area is 158 Å². The van der Waals surface area contributed by atoms with Crippen molar-refractivity contribution in [2.75, 3.05) is 18.6 Å². The van der Waals surface area contributed by atoms with Gasteiger partial charge in [0.15, 0.2) is 0 Å². The molecule has 2 aromatic carbocycles. The molecule has 0 radical (unpaired) electrons. The molecule has 1 unspecified atom stereocenters. The molecule has 0 saturated carbocycles. The molecule has 27 heavy (non-hydrogen) atoms. The first-order valence-electron chi connectivity index (χ1n) is 8.97. The summed E-state index contributed by atoms with van der Waals surface area (Å²) in [6.07, 6.45) is 3.95. The minimum atomic E-state index is -0.709. The molecule has 2 aliphatic heterocycles. The number of non-ortho nitro benzene ring substituents is 1. The number of benzene rings is 2. The summed E-state index contributed by atoms with van der Waals surface area (Å²) in [5, 5.41) is 11.1. The van der Waals surface area contributed by atoms with Crippen LogP contribution in [0.15, 0.2) is 42.5 Å². The van der Waals surface area contributed by atoms with E-state index in [1.54, 1.807) is 19.2 Å². The average molecular weight is 366 g/mol. The van der Waals surface area contributed by atoms with Crippen molar-refractivity contribution in [2.45, 2.75) is 31.9 Å². The second kappa shape index (κ2) is 5.74. The van der Waals surface area contributed by atoms with E-state index in [1.807, 2.05) is 18.2 Å².